The first-order valence-corrected chi connectivity index (χ1v) is 9.21. The lowest BCUT2D eigenvalue weighted by molar-refractivity contribution is -0.122. The van der Waals surface area contributed by atoms with E-state index in [9.17, 15) is 4.79 Å². The second-order valence-corrected chi connectivity index (χ2v) is 6.73. The predicted molar refractivity (Wildman–Crippen MR) is 107 cm³/mol. The van der Waals surface area contributed by atoms with Gasteiger partial charge in [0.25, 0.3) is 5.91 Å². The van der Waals surface area contributed by atoms with Crippen LogP contribution in [0.3, 0.4) is 0 Å². The van der Waals surface area contributed by atoms with Gasteiger partial charge in [-0.3, -0.25) is 14.6 Å². The van der Waals surface area contributed by atoms with Crippen LogP contribution in [0.25, 0.3) is 6.08 Å². The van der Waals surface area contributed by atoms with E-state index in [-0.39, 0.29) is 5.91 Å². The van der Waals surface area contributed by atoms with E-state index in [4.69, 9.17) is 4.42 Å². The van der Waals surface area contributed by atoms with Crippen LogP contribution < -0.4 is 5.43 Å². The summed E-state index contributed by atoms with van der Waals surface area (Å²) >= 11 is 0. The number of carbonyl (C=O) groups is 1. The Morgan fingerprint density at radius 1 is 1.11 bits per heavy atom. The summed E-state index contributed by atoms with van der Waals surface area (Å²) in [7, 11) is 0. The molecule has 0 unspecified atom stereocenters. The first-order valence-electron chi connectivity index (χ1n) is 9.21. The highest BCUT2D eigenvalue weighted by molar-refractivity contribution is 5.86. The molecule has 1 saturated heterocycles. The third-order valence-corrected chi connectivity index (χ3v) is 4.45. The molecule has 6 heteroatoms. The number of amides is 1. The number of hydrazone groups is 1. The lowest BCUT2D eigenvalue weighted by Crippen LogP contribution is -2.48. The highest BCUT2D eigenvalue weighted by atomic mass is 16.3. The second kappa shape index (κ2) is 9.85. The zero-order chi connectivity index (χ0) is 18.9. The van der Waals surface area contributed by atoms with Gasteiger partial charge in [0.2, 0.25) is 0 Å². The molecule has 1 aliphatic rings. The predicted octanol–water partition coefficient (Wildman–Crippen LogP) is 2.60. The Kier molecular flexibility index (Phi) is 6.96. The van der Waals surface area contributed by atoms with Gasteiger partial charge in [-0.2, -0.15) is 5.10 Å². The fraction of sp³-hybridized carbons (Fsp3) is 0.333. The van der Waals surface area contributed by atoms with E-state index in [1.165, 1.54) is 5.56 Å². The summed E-state index contributed by atoms with van der Waals surface area (Å²) in [6, 6.07) is 14.2. The van der Waals surface area contributed by atoms with Crippen LogP contribution in [-0.4, -0.2) is 54.6 Å². The van der Waals surface area contributed by atoms with Gasteiger partial charge in [0.1, 0.15) is 5.76 Å². The first-order chi connectivity index (χ1) is 13.2. The number of hydrogen-bond acceptors (Lipinski definition) is 5. The average molecular weight is 366 g/mol. The van der Waals surface area contributed by atoms with Crippen LogP contribution in [0, 0.1) is 0 Å². The van der Waals surface area contributed by atoms with E-state index in [1.54, 1.807) is 12.5 Å². The number of furan rings is 1. The van der Waals surface area contributed by atoms with Crippen LogP contribution in [0.5, 0.6) is 0 Å². The molecule has 142 valence electrons. The molecule has 2 aromatic rings. The molecule has 3 rings (SSSR count). The van der Waals surface area contributed by atoms with Crippen molar-refractivity contribution in [2.24, 2.45) is 5.10 Å². The maximum Gasteiger partial charge on any atom is 0.254 e. The fourth-order valence-electron chi connectivity index (χ4n) is 3.03. The molecule has 1 aliphatic heterocycles. The number of hydrogen-bond donors (Lipinski definition) is 1. The van der Waals surface area contributed by atoms with Crippen LogP contribution in [-0.2, 0) is 11.3 Å². The Morgan fingerprint density at radius 2 is 1.85 bits per heavy atom. The molecule has 1 amide bonds. The molecular formula is C21H26N4O2. The highest BCUT2D eigenvalue weighted by Crippen LogP contribution is 2.08. The van der Waals surface area contributed by atoms with Crippen molar-refractivity contribution in [2.75, 3.05) is 32.7 Å². The largest absolute Gasteiger partial charge is 0.465 e. The smallest absolute Gasteiger partial charge is 0.254 e. The summed E-state index contributed by atoms with van der Waals surface area (Å²) in [4.78, 5) is 16.7. The maximum atomic E-state index is 12.1. The van der Waals surface area contributed by atoms with E-state index in [2.05, 4.69) is 44.6 Å². The number of nitrogens with one attached hydrogen (secondary N) is 1. The van der Waals surface area contributed by atoms with Crippen molar-refractivity contribution in [3.05, 3.63) is 65.6 Å². The lowest BCUT2D eigenvalue weighted by atomic mass is 10.2. The monoisotopic (exact) mass is 366 g/mol. The van der Waals surface area contributed by atoms with Crippen molar-refractivity contribution in [3.8, 4) is 0 Å². The molecule has 0 aliphatic carbocycles. The maximum absolute atomic E-state index is 12.1. The van der Waals surface area contributed by atoms with Gasteiger partial charge in [0.15, 0.2) is 0 Å². The minimum absolute atomic E-state index is 0.0893. The SMILES string of the molecule is CC(C=NNC(=O)CN1CCN(Cc2ccccc2)CC1)=Cc1ccco1. The fourth-order valence-corrected chi connectivity index (χ4v) is 3.03. The van der Waals surface area contributed by atoms with Crippen molar-refractivity contribution in [1.29, 1.82) is 0 Å². The number of nitrogens with zero attached hydrogens (tertiary/aromatic N) is 3. The molecule has 0 atom stereocenters. The van der Waals surface area contributed by atoms with Gasteiger partial charge in [-0.1, -0.05) is 30.3 Å². The molecule has 0 spiro atoms. The van der Waals surface area contributed by atoms with Crippen LogP contribution in [0.4, 0.5) is 0 Å². The average Bonchev–Trinajstić information content (AvgIpc) is 3.17. The summed E-state index contributed by atoms with van der Waals surface area (Å²) in [5, 5.41) is 4.02. The standard InChI is InChI=1S/C21H26N4O2/c1-18(14-20-8-5-13-27-20)15-22-23-21(26)17-25-11-9-24(10-12-25)16-19-6-3-2-4-7-19/h2-8,13-15H,9-12,16-17H2,1H3,(H,23,26). The van der Waals surface area contributed by atoms with Crippen LogP contribution >= 0.6 is 0 Å². The van der Waals surface area contributed by atoms with Crippen LogP contribution in [0.15, 0.2) is 63.8 Å². The van der Waals surface area contributed by atoms with E-state index >= 15 is 0 Å². The van der Waals surface area contributed by atoms with Crippen molar-refractivity contribution < 1.29 is 9.21 Å². The molecule has 1 aromatic heterocycles. The molecule has 0 saturated carbocycles. The minimum Gasteiger partial charge on any atom is -0.465 e. The lowest BCUT2D eigenvalue weighted by Gasteiger charge is -2.34. The minimum atomic E-state index is -0.0893. The molecule has 0 bridgehead atoms. The van der Waals surface area contributed by atoms with Crippen molar-refractivity contribution in [1.82, 2.24) is 15.2 Å². The zero-order valence-electron chi connectivity index (χ0n) is 15.7. The van der Waals surface area contributed by atoms with E-state index in [0.29, 0.717) is 6.54 Å². The molecule has 2 heterocycles. The first kappa shape index (κ1) is 19.1. The van der Waals surface area contributed by atoms with Crippen LogP contribution in [0.2, 0.25) is 0 Å². The highest BCUT2D eigenvalue weighted by Gasteiger charge is 2.18. The number of rotatable bonds is 7. The van der Waals surface area contributed by atoms with Gasteiger partial charge in [-0.25, -0.2) is 5.43 Å². The number of allylic oxidation sites excluding steroid dienone is 1. The van der Waals surface area contributed by atoms with E-state index < -0.39 is 0 Å². The Balaban J connectivity index is 1.36. The molecule has 6 nitrogen and oxygen atoms in total. The van der Waals surface area contributed by atoms with Crippen molar-refractivity contribution >= 4 is 18.2 Å². The normalized spacial score (nSPS) is 16.7. The summed E-state index contributed by atoms with van der Waals surface area (Å²) in [5.74, 6) is 0.673. The van der Waals surface area contributed by atoms with Crippen molar-refractivity contribution in [2.45, 2.75) is 13.5 Å². The summed E-state index contributed by atoms with van der Waals surface area (Å²) < 4.78 is 5.24. The van der Waals surface area contributed by atoms with Gasteiger partial charge < -0.3 is 4.42 Å². The summed E-state index contributed by atoms with van der Waals surface area (Å²) in [6.45, 7) is 6.96. The molecular weight excluding hydrogens is 340 g/mol. The molecule has 1 aromatic carbocycles. The van der Waals surface area contributed by atoms with E-state index in [1.807, 2.05) is 31.2 Å². The third kappa shape index (κ3) is 6.51. The van der Waals surface area contributed by atoms with Crippen LogP contribution in [0.1, 0.15) is 18.2 Å². The van der Waals surface area contributed by atoms with Crippen molar-refractivity contribution in [3.63, 3.8) is 0 Å². The summed E-state index contributed by atoms with van der Waals surface area (Å²) in [6.07, 6.45) is 5.11. The van der Waals surface area contributed by atoms with Gasteiger partial charge >= 0.3 is 0 Å². The number of carbonyl (C=O) groups excluding carboxylic acids is 1. The zero-order valence-corrected chi connectivity index (χ0v) is 15.7. The Morgan fingerprint density at radius 3 is 2.56 bits per heavy atom. The molecule has 0 radical (unpaired) electrons. The Labute approximate surface area is 160 Å². The van der Waals surface area contributed by atoms with Gasteiger partial charge in [0.05, 0.1) is 19.0 Å². The second-order valence-electron chi connectivity index (χ2n) is 6.73. The molecule has 27 heavy (non-hydrogen) atoms. The molecule has 1 fully saturated rings. The molecule has 1 N–H and O–H groups in total. The Bertz CT molecular complexity index is 761. The quantitative estimate of drug-likeness (QED) is 0.604. The van der Waals surface area contributed by atoms with Gasteiger partial charge in [0, 0.05) is 32.7 Å². The number of benzene rings is 1. The Hall–Kier alpha value is -2.70. The number of piperazine rings is 1. The third-order valence-electron chi connectivity index (χ3n) is 4.45. The van der Waals surface area contributed by atoms with Gasteiger partial charge in [-0.05, 0) is 36.3 Å². The topological polar surface area (TPSA) is 61.1 Å². The van der Waals surface area contributed by atoms with Gasteiger partial charge in [-0.15, -0.1) is 0 Å². The van der Waals surface area contributed by atoms with E-state index in [0.717, 1.165) is 44.1 Å². The summed E-state index contributed by atoms with van der Waals surface area (Å²) in [5.41, 5.74) is 4.83.